The van der Waals surface area contributed by atoms with E-state index < -0.39 is 27.5 Å². The van der Waals surface area contributed by atoms with E-state index >= 15 is 0 Å². The second-order valence-corrected chi connectivity index (χ2v) is 12.2. The van der Waals surface area contributed by atoms with E-state index in [9.17, 15) is 30.4 Å². The highest BCUT2D eigenvalue weighted by molar-refractivity contribution is 7.91. The van der Waals surface area contributed by atoms with Crippen molar-refractivity contribution in [2.75, 3.05) is 25.0 Å². The Labute approximate surface area is 257 Å². The predicted molar refractivity (Wildman–Crippen MR) is 161 cm³/mol. The first-order valence-electron chi connectivity index (χ1n) is 13.9. The minimum absolute atomic E-state index is 0.0607. The quantitative estimate of drug-likeness (QED) is 0.129. The van der Waals surface area contributed by atoms with Gasteiger partial charge in [0, 0.05) is 37.3 Å². The Balaban J connectivity index is 1.51. The maximum absolute atomic E-state index is 14.1. The maximum Gasteiger partial charge on any atom is 0.416 e. The van der Waals surface area contributed by atoms with Crippen LogP contribution in [0, 0.1) is 0 Å². The maximum atomic E-state index is 14.1. The van der Waals surface area contributed by atoms with E-state index in [1.165, 1.54) is 66.7 Å². The topological polar surface area (TPSA) is 117 Å². The molecule has 240 valence electrons. The van der Waals surface area contributed by atoms with E-state index in [1.54, 1.807) is 6.07 Å². The van der Waals surface area contributed by atoms with E-state index in [-0.39, 0.29) is 57.1 Å². The van der Waals surface area contributed by atoms with Crippen LogP contribution in [0.1, 0.15) is 30.0 Å². The van der Waals surface area contributed by atoms with Crippen molar-refractivity contribution < 1.29 is 39.8 Å². The molecule has 0 atom stereocenters. The molecule has 0 fully saturated rings. The van der Waals surface area contributed by atoms with Crippen LogP contribution in [0.3, 0.4) is 0 Å². The number of nitrogens with one attached hydrogen (secondary N) is 1. The van der Waals surface area contributed by atoms with Gasteiger partial charge in [-0.15, -0.1) is 0 Å². The summed E-state index contributed by atoms with van der Waals surface area (Å²) in [5.41, 5.74) is 10.7. The molecular weight excluding hydrogens is 617 g/mol. The van der Waals surface area contributed by atoms with Crippen LogP contribution in [0.4, 0.5) is 27.6 Å². The molecule has 0 bridgehead atoms. The molecule has 0 heterocycles. The molecule has 0 aliphatic rings. The lowest BCUT2D eigenvalue weighted by Crippen LogP contribution is -2.14. The van der Waals surface area contributed by atoms with Gasteiger partial charge in [-0.3, -0.25) is 0 Å². The summed E-state index contributed by atoms with van der Waals surface area (Å²) in [6.07, 6.45) is -3.51. The largest absolute Gasteiger partial charge is 0.457 e. The molecule has 0 spiro atoms. The molecule has 0 saturated carbocycles. The zero-order valence-corrected chi connectivity index (χ0v) is 25.0. The molecule has 7 nitrogen and oxygen atoms in total. The van der Waals surface area contributed by atoms with Gasteiger partial charge < -0.3 is 26.3 Å². The van der Waals surface area contributed by atoms with Crippen LogP contribution in [0.15, 0.2) is 94.7 Å². The highest BCUT2D eigenvalue weighted by Crippen LogP contribution is 2.37. The molecular formula is C32H32F5N3O4S. The lowest BCUT2D eigenvalue weighted by Gasteiger charge is -2.15. The number of hydrogen-bond acceptors (Lipinski definition) is 7. The van der Waals surface area contributed by atoms with Crippen molar-refractivity contribution in [3.63, 3.8) is 0 Å². The van der Waals surface area contributed by atoms with Gasteiger partial charge in [0.25, 0.3) is 5.92 Å². The minimum atomic E-state index is -4.61. The summed E-state index contributed by atoms with van der Waals surface area (Å²) >= 11 is 0. The minimum Gasteiger partial charge on any atom is -0.457 e. The molecule has 0 radical (unpaired) electrons. The Hall–Kier alpha value is -4.20. The number of benzene rings is 4. The average molecular weight is 650 g/mol. The summed E-state index contributed by atoms with van der Waals surface area (Å²) in [6, 6.07) is 18.1. The van der Waals surface area contributed by atoms with Crippen LogP contribution in [0.25, 0.3) is 0 Å². The fraction of sp³-hybridized carbons (Fsp3) is 0.250. The third-order valence-corrected chi connectivity index (χ3v) is 8.38. The monoisotopic (exact) mass is 649 g/mol. The van der Waals surface area contributed by atoms with Gasteiger partial charge in [0.05, 0.1) is 15.4 Å². The highest BCUT2D eigenvalue weighted by atomic mass is 32.2. The summed E-state index contributed by atoms with van der Waals surface area (Å²) in [4.78, 5) is -0.144. The Morgan fingerprint density at radius 3 is 1.71 bits per heavy atom. The number of rotatable bonds is 13. The summed E-state index contributed by atoms with van der Waals surface area (Å²) < 4.78 is 106. The Bertz CT molecular complexity index is 1590. The van der Waals surface area contributed by atoms with Crippen LogP contribution >= 0.6 is 0 Å². The van der Waals surface area contributed by atoms with Crippen molar-refractivity contribution in [1.82, 2.24) is 0 Å². The fourth-order valence-electron chi connectivity index (χ4n) is 4.35. The van der Waals surface area contributed by atoms with Crippen molar-refractivity contribution in [2.24, 2.45) is 11.5 Å². The third kappa shape index (κ3) is 8.93. The van der Waals surface area contributed by atoms with Gasteiger partial charge in [0.2, 0.25) is 9.84 Å². The number of sulfone groups is 1. The van der Waals surface area contributed by atoms with E-state index in [0.717, 1.165) is 19.1 Å². The number of halogens is 5. The molecule has 4 rings (SSSR count). The summed E-state index contributed by atoms with van der Waals surface area (Å²) in [5.74, 6) is -2.66. The van der Waals surface area contributed by atoms with Crippen molar-refractivity contribution in [2.45, 2.75) is 41.7 Å². The van der Waals surface area contributed by atoms with Gasteiger partial charge in [-0.1, -0.05) is 0 Å². The number of ether oxygens (including phenoxy) is 2. The van der Waals surface area contributed by atoms with Crippen LogP contribution in [-0.4, -0.2) is 28.1 Å². The first-order chi connectivity index (χ1) is 21.2. The second-order valence-electron chi connectivity index (χ2n) is 10.3. The molecule has 5 N–H and O–H groups in total. The van der Waals surface area contributed by atoms with E-state index in [1.807, 2.05) is 0 Å². The number of nitrogens with two attached hydrogens (primary N) is 2. The summed E-state index contributed by atoms with van der Waals surface area (Å²) in [7, 11) is -4.00. The van der Waals surface area contributed by atoms with Crippen molar-refractivity contribution >= 4 is 15.5 Å². The molecule has 0 aromatic heterocycles. The van der Waals surface area contributed by atoms with Crippen molar-refractivity contribution in [3.8, 4) is 23.0 Å². The Morgan fingerprint density at radius 1 is 0.689 bits per heavy atom. The van der Waals surface area contributed by atoms with E-state index in [0.29, 0.717) is 24.9 Å². The highest BCUT2D eigenvalue weighted by Gasteiger charge is 2.31. The molecule has 4 aromatic rings. The molecule has 0 amide bonds. The van der Waals surface area contributed by atoms with E-state index in [2.05, 4.69) is 5.32 Å². The fourth-order valence-corrected chi connectivity index (χ4v) is 5.61. The zero-order chi connectivity index (χ0) is 32.8. The number of alkyl halides is 5. The molecule has 0 aliphatic heterocycles. The smallest absolute Gasteiger partial charge is 0.416 e. The SMILES string of the molecule is CC(F)(F)c1cc(CCCN)cc(Oc2ccc(S(=O)(=O)c3ccc(Oc4cc(NCCN)cc(C(F)(F)F)c4)cc3)cc2)c1. The van der Waals surface area contributed by atoms with E-state index in [4.69, 9.17) is 20.9 Å². The second kappa shape index (κ2) is 13.8. The lowest BCUT2D eigenvalue weighted by molar-refractivity contribution is -0.137. The standard InChI is InChI=1S/C32H32F5N3O4S/c1-31(33,34)22-15-21(3-2-12-38)16-27(18-22)43-25-4-8-29(9-5-25)45(41,42)30-10-6-26(7-11-30)44-28-19-23(32(35,36)37)17-24(20-28)40-14-13-39/h4-11,15-20,40H,2-3,12-14,38-39H2,1H3. The lowest BCUT2D eigenvalue weighted by atomic mass is 10.0. The summed E-state index contributed by atoms with van der Waals surface area (Å²) in [6.45, 7) is 1.66. The van der Waals surface area contributed by atoms with Crippen LogP contribution in [0.2, 0.25) is 0 Å². The summed E-state index contributed by atoms with van der Waals surface area (Å²) in [5, 5.41) is 2.79. The zero-order valence-electron chi connectivity index (χ0n) is 24.2. The van der Waals surface area contributed by atoms with Gasteiger partial charge in [-0.05, 0) is 104 Å². The van der Waals surface area contributed by atoms with Gasteiger partial charge >= 0.3 is 6.18 Å². The average Bonchev–Trinajstić information content (AvgIpc) is 2.98. The molecule has 45 heavy (non-hydrogen) atoms. The molecule has 0 unspecified atom stereocenters. The molecule has 0 aliphatic carbocycles. The predicted octanol–water partition coefficient (Wildman–Crippen LogP) is 7.50. The van der Waals surface area contributed by atoms with Crippen LogP contribution < -0.4 is 26.3 Å². The first kappa shape index (κ1) is 33.7. The number of hydrogen-bond donors (Lipinski definition) is 3. The molecule has 4 aromatic carbocycles. The number of anilines is 1. The third-order valence-electron chi connectivity index (χ3n) is 6.59. The van der Waals surface area contributed by atoms with Gasteiger partial charge in [-0.25, -0.2) is 17.2 Å². The van der Waals surface area contributed by atoms with Crippen molar-refractivity contribution in [1.29, 1.82) is 0 Å². The Morgan fingerprint density at radius 2 is 1.22 bits per heavy atom. The molecule has 0 saturated heterocycles. The Kier molecular flexibility index (Phi) is 10.4. The number of aryl methyl sites for hydroxylation is 1. The van der Waals surface area contributed by atoms with Gasteiger partial charge in [0.15, 0.2) is 0 Å². The molecule has 13 heteroatoms. The van der Waals surface area contributed by atoms with Gasteiger partial charge in [0.1, 0.15) is 23.0 Å². The first-order valence-corrected chi connectivity index (χ1v) is 15.4. The van der Waals surface area contributed by atoms with Crippen molar-refractivity contribution in [3.05, 3.63) is 102 Å². The normalized spacial score (nSPS) is 12.2. The van der Waals surface area contributed by atoms with Crippen LogP contribution in [-0.2, 0) is 28.4 Å². The van der Waals surface area contributed by atoms with Crippen LogP contribution in [0.5, 0.6) is 23.0 Å². The van der Waals surface area contributed by atoms with Gasteiger partial charge in [-0.2, -0.15) is 13.2 Å².